The standard InChI is InChI=1S/C13H20N4O/c1-2-4-13(5-3-6-15-10-13)12(18)17-11-9-14-7-8-16-11/h7-9,15H,2-6,10H2,1H3,(H,16,17,18). The fourth-order valence-electron chi connectivity index (χ4n) is 2.58. The second-order valence-electron chi connectivity index (χ2n) is 4.86. The maximum Gasteiger partial charge on any atom is 0.233 e. The molecule has 1 unspecified atom stereocenters. The number of amides is 1. The molecule has 1 atom stereocenters. The summed E-state index contributed by atoms with van der Waals surface area (Å²) < 4.78 is 0. The Morgan fingerprint density at radius 2 is 2.44 bits per heavy atom. The van der Waals surface area contributed by atoms with Crippen LogP contribution in [0.1, 0.15) is 32.6 Å². The minimum absolute atomic E-state index is 0.0667. The normalized spacial score (nSPS) is 23.6. The summed E-state index contributed by atoms with van der Waals surface area (Å²) in [7, 11) is 0. The van der Waals surface area contributed by atoms with E-state index in [1.165, 1.54) is 0 Å². The van der Waals surface area contributed by atoms with Gasteiger partial charge in [-0.2, -0.15) is 0 Å². The van der Waals surface area contributed by atoms with Crippen LogP contribution in [0.5, 0.6) is 0 Å². The van der Waals surface area contributed by atoms with Crippen molar-refractivity contribution in [2.24, 2.45) is 5.41 Å². The molecule has 1 aliphatic rings. The number of hydrogen-bond donors (Lipinski definition) is 2. The van der Waals surface area contributed by atoms with Gasteiger partial charge in [0.2, 0.25) is 5.91 Å². The van der Waals surface area contributed by atoms with Gasteiger partial charge in [0.1, 0.15) is 0 Å². The van der Waals surface area contributed by atoms with E-state index < -0.39 is 0 Å². The molecule has 1 aliphatic heterocycles. The number of hydrogen-bond acceptors (Lipinski definition) is 4. The maximum atomic E-state index is 12.5. The number of piperidine rings is 1. The Hall–Kier alpha value is -1.49. The Morgan fingerprint density at radius 1 is 1.56 bits per heavy atom. The zero-order chi connectivity index (χ0) is 12.8. The average Bonchev–Trinajstić information content (AvgIpc) is 2.41. The highest BCUT2D eigenvalue weighted by Gasteiger charge is 2.38. The molecule has 1 aromatic heterocycles. The molecular weight excluding hydrogens is 228 g/mol. The highest BCUT2D eigenvalue weighted by Crippen LogP contribution is 2.32. The van der Waals surface area contributed by atoms with Gasteiger partial charge in [-0.05, 0) is 25.8 Å². The third-order valence-electron chi connectivity index (χ3n) is 3.49. The van der Waals surface area contributed by atoms with Gasteiger partial charge in [-0.3, -0.25) is 9.78 Å². The van der Waals surface area contributed by atoms with Gasteiger partial charge in [-0.25, -0.2) is 4.98 Å². The van der Waals surface area contributed by atoms with E-state index in [4.69, 9.17) is 0 Å². The molecule has 2 N–H and O–H groups in total. The lowest BCUT2D eigenvalue weighted by Crippen LogP contribution is -2.48. The first-order valence-electron chi connectivity index (χ1n) is 6.55. The molecule has 0 aromatic carbocycles. The predicted molar refractivity (Wildman–Crippen MR) is 70.1 cm³/mol. The van der Waals surface area contributed by atoms with Crippen molar-refractivity contribution in [1.82, 2.24) is 15.3 Å². The minimum Gasteiger partial charge on any atom is -0.316 e. The number of carbonyl (C=O) groups excluding carboxylic acids is 1. The number of nitrogens with zero attached hydrogens (tertiary/aromatic N) is 2. The van der Waals surface area contributed by atoms with Gasteiger partial charge in [0, 0.05) is 18.9 Å². The number of carbonyl (C=O) groups is 1. The van der Waals surface area contributed by atoms with Gasteiger partial charge < -0.3 is 10.6 Å². The summed E-state index contributed by atoms with van der Waals surface area (Å²) in [5, 5.41) is 6.22. The van der Waals surface area contributed by atoms with E-state index in [0.29, 0.717) is 5.82 Å². The van der Waals surface area contributed by atoms with E-state index in [9.17, 15) is 4.79 Å². The van der Waals surface area contributed by atoms with Crippen LogP contribution in [-0.4, -0.2) is 29.0 Å². The van der Waals surface area contributed by atoms with E-state index in [-0.39, 0.29) is 11.3 Å². The molecule has 1 aromatic rings. The fourth-order valence-corrected chi connectivity index (χ4v) is 2.58. The molecule has 1 fully saturated rings. The minimum atomic E-state index is -0.287. The van der Waals surface area contributed by atoms with Crippen molar-refractivity contribution >= 4 is 11.7 Å². The number of anilines is 1. The maximum absolute atomic E-state index is 12.5. The first kappa shape index (κ1) is 13.0. The van der Waals surface area contributed by atoms with E-state index in [2.05, 4.69) is 27.5 Å². The van der Waals surface area contributed by atoms with E-state index >= 15 is 0 Å². The molecule has 0 bridgehead atoms. The second-order valence-corrected chi connectivity index (χ2v) is 4.86. The number of nitrogens with one attached hydrogen (secondary N) is 2. The lowest BCUT2D eigenvalue weighted by Gasteiger charge is -2.36. The lowest BCUT2D eigenvalue weighted by atomic mass is 9.76. The van der Waals surface area contributed by atoms with Gasteiger partial charge >= 0.3 is 0 Å². The molecule has 0 radical (unpaired) electrons. The first-order chi connectivity index (χ1) is 8.77. The summed E-state index contributed by atoms with van der Waals surface area (Å²) in [6.07, 6.45) is 8.67. The third-order valence-corrected chi connectivity index (χ3v) is 3.49. The van der Waals surface area contributed by atoms with Crippen LogP contribution in [0.25, 0.3) is 0 Å². The molecule has 2 heterocycles. The summed E-state index contributed by atoms with van der Waals surface area (Å²) in [4.78, 5) is 20.5. The molecule has 5 heteroatoms. The summed E-state index contributed by atoms with van der Waals surface area (Å²) >= 11 is 0. The zero-order valence-electron chi connectivity index (χ0n) is 10.8. The van der Waals surface area contributed by atoms with Crippen molar-refractivity contribution in [1.29, 1.82) is 0 Å². The summed E-state index contributed by atoms with van der Waals surface area (Å²) in [5.74, 6) is 0.598. The van der Waals surface area contributed by atoms with Crippen LogP contribution in [-0.2, 0) is 4.79 Å². The largest absolute Gasteiger partial charge is 0.316 e. The molecule has 2 rings (SSSR count). The molecular formula is C13H20N4O. The van der Waals surface area contributed by atoms with Crippen LogP contribution in [0.15, 0.2) is 18.6 Å². The monoisotopic (exact) mass is 248 g/mol. The Balaban J connectivity index is 2.08. The fraction of sp³-hybridized carbons (Fsp3) is 0.615. The first-order valence-corrected chi connectivity index (χ1v) is 6.55. The molecule has 0 saturated carbocycles. The van der Waals surface area contributed by atoms with Crippen LogP contribution < -0.4 is 10.6 Å². The SMILES string of the molecule is CCCC1(C(=O)Nc2cnccn2)CCCNC1. The van der Waals surface area contributed by atoms with Crippen LogP contribution >= 0.6 is 0 Å². The number of rotatable bonds is 4. The Kier molecular flexibility index (Phi) is 4.25. The molecule has 18 heavy (non-hydrogen) atoms. The molecule has 98 valence electrons. The van der Waals surface area contributed by atoms with E-state index in [0.717, 1.165) is 38.8 Å². The molecule has 5 nitrogen and oxygen atoms in total. The molecule has 0 spiro atoms. The number of aromatic nitrogens is 2. The van der Waals surface area contributed by atoms with Gasteiger partial charge in [-0.15, -0.1) is 0 Å². The van der Waals surface area contributed by atoms with Crippen molar-refractivity contribution in [3.05, 3.63) is 18.6 Å². The van der Waals surface area contributed by atoms with Gasteiger partial charge in [0.15, 0.2) is 5.82 Å². The summed E-state index contributed by atoms with van der Waals surface area (Å²) in [5.41, 5.74) is -0.287. The Bertz CT molecular complexity index is 382. The Morgan fingerprint density at radius 3 is 3.06 bits per heavy atom. The quantitative estimate of drug-likeness (QED) is 0.849. The second kappa shape index (κ2) is 5.91. The van der Waals surface area contributed by atoms with Crippen molar-refractivity contribution in [3.63, 3.8) is 0 Å². The smallest absolute Gasteiger partial charge is 0.233 e. The van der Waals surface area contributed by atoms with Crippen LogP contribution in [0.4, 0.5) is 5.82 Å². The summed E-state index contributed by atoms with van der Waals surface area (Å²) in [6, 6.07) is 0. The lowest BCUT2D eigenvalue weighted by molar-refractivity contribution is -0.127. The van der Waals surface area contributed by atoms with Crippen LogP contribution in [0.2, 0.25) is 0 Å². The average molecular weight is 248 g/mol. The topological polar surface area (TPSA) is 66.9 Å². The third kappa shape index (κ3) is 2.85. The van der Waals surface area contributed by atoms with Crippen molar-refractivity contribution < 1.29 is 4.79 Å². The van der Waals surface area contributed by atoms with E-state index in [1.54, 1.807) is 18.6 Å². The highest BCUT2D eigenvalue weighted by atomic mass is 16.2. The van der Waals surface area contributed by atoms with Gasteiger partial charge in [-0.1, -0.05) is 13.3 Å². The van der Waals surface area contributed by atoms with Crippen molar-refractivity contribution in [3.8, 4) is 0 Å². The van der Waals surface area contributed by atoms with Gasteiger partial charge in [0.25, 0.3) is 0 Å². The molecule has 1 saturated heterocycles. The van der Waals surface area contributed by atoms with Crippen molar-refractivity contribution in [2.75, 3.05) is 18.4 Å². The molecule has 1 amide bonds. The van der Waals surface area contributed by atoms with E-state index in [1.807, 2.05) is 0 Å². The Labute approximate surface area is 107 Å². The summed E-state index contributed by atoms with van der Waals surface area (Å²) in [6.45, 7) is 3.88. The van der Waals surface area contributed by atoms with Gasteiger partial charge in [0.05, 0.1) is 11.6 Å². The highest BCUT2D eigenvalue weighted by molar-refractivity contribution is 5.94. The predicted octanol–water partition coefficient (Wildman–Crippen LogP) is 1.58. The zero-order valence-corrected chi connectivity index (χ0v) is 10.8. The molecule has 0 aliphatic carbocycles. The van der Waals surface area contributed by atoms with Crippen LogP contribution in [0.3, 0.4) is 0 Å². The van der Waals surface area contributed by atoms with Crippen molar-refractivity contribution in [2.45, 2.75) is 32.6 Å². The van der Waals surface area contributed by atoms with Crippen LogP contribution in [0, 0.1) is 5.41 Å².